The summed E-state index contributed by atoms with van der Waals surface area (Å²) in [7, 11) is 0. The standard InChI is InChI=1S/C59H62N2O18/c1-32-40(76-55(72)48(46(35-17-10-7-11-18-35)61-52(68)36-19-12-8-13-20-36)77-44(66)24-16-23-43(65)60-39-27-25-37(26-28-39)53(69)70)30-59(73)51(78-54(71)38-21-14-9-15-22-38)49-57(6,41(64)29-42-58(49,31-74-42)79-34(3)63)50(67)47(75-33(2)62)45(32)56(59,4)5/h7-15,17-22,25-28,40-42,46-49,51,64,73H,16,23-24,29-31H2,1-6H3,(H,60,65)(H,61,68)(H,69,70)/t40-,41-,42+,46-,47+,48+,49-,51-,57+,58-,59+/m0/s1. The van der Waals surface area contributed by atoms with E-state index in [0.717, 1.165) is 13.8 Å². The third kappa shape index (κ3) is 11.0. The lowest BCUT2D eigenvalue weighted by Crippen LogP contribution is -2.82. The SMILES string of the molecule is CC(=O)O[C@H]1C(=O)[C@@]2(C)[C@H]([C@H](OC(=O)c3ccccc3)[C@]3(O)C[C@H](OC(=O)[C@H](OC(=O)CCCC(=O)Nc4ccc(C(=O)O)cc4)[C@@H](NC(=O)c4ccccc4)c4ccccc4)C(C)=C1C3(C)C)[C@]1(OC(C)=O)CO[C@@H]1C[C@@H]2O. The molecule has 20 heteroatoms. The molecule has 0 spiro atoms. The first-order valence-electron chi connectivity index (χ1n) is 25.8. The van der Waals surface area contributed by atoms with E-state index in [1.807, 2.05) is 0 Å². The first-order chi connectivity index (χ1) is 37.4. The number of carboxylic acid groups (broad SMARTS) is 1. The molecule has 1 aliphatic heterocycles. The molecule has 0 unspecified atom stereocenters. The fraction of sp³-hybridized carbons (Fsp3) is 0.407. The van der Waals surface area contributed by atoms with Crippen LogP contribution < -0.4 is 10.6 Å². The van der Waals surface area contributed by atoms with Gasteiger partial charge >= 0.3 is 35.8 Å². The van der Waals surface area contributed by atoms with Gasteiger partial charge < -0.3 is 54.4 Å². The lowest BCUT2D eigenvalue weighted by atomic mass is 9.44. The van der Waals surface area contributed by atoms with Crippen LogP contribution in [0, 0.1) is 16.7 Å². The van der Waals surface area contributed by atoms with E-state index in [-0.39, 0.29) is 59.3 Å². The number of fused-ring (bicyclic) bond motifs is 5. The lowest BCUT2D eigenvalue weighted by molar-refractivity contribution is -0.346. The van der Waals surface area contributed by atoms with Crippen LogP contribution in [-0.2, 0) is 57.2 Å². The number of rotatable bonds is 17. The molecule has 4 aromatic carbocycles. The number of aliphatic hydroxyl groups excluding tert-OH is 1. The smallest absolute Gasteiger partial charge is 0.350 e. The zero-order chi connectivity index (χ0) is 57.2. The van der Waals surface area contributed by atoms with Crippen LogP contribution in [0.15, 0.2) is 126 Å². The lowest BCUT2D eigenvalue weighted by Gasteiger charge is -2.67. The predicted molar refractivity (Wildman–Crippen MR) is 277 cm³/mol. The van der Waals surface area contributed by atoms with E-state index in [0.29, 0.717) is 5.69 Å². The van der Waals surface area contributed by atoms with Gasteiger partial charge in [0.15, 0.2) is 17.5 Å². The Balaban J connectivity index is 1.22. The summed E-state index contributed by atoms with van der Waals surface area (Å²) in [5, 5.41) is 40.9. The van der Waals surface area contributed by atoms with E-state index in [1.165, 1.54) is 76.2 Å². The summed E-state index contributed by atoms with van der Waals surface area (Å²) in [6.07, 6.45) is -11.9. The van der Waals surface area contributed by atoms with Crippen molar-refractivity contribution in [1.29, 1.82) is 0 Å². The average Bonchev–Trinajstić information content (AvgIpc) is 3.39. The molecule has 0 radical (unpaired) electrons. The number of ketones is 1. The molecule has 20 nitrogen and oxygen atoms in total. The Labute approximate surface area is 454 Å². The zero-order valence-electron chi connectivity index (χ0n) is 44.3. The Morgan fingerprint density at radius 2 is 1.37 bits per heavy atom. The molecule has 79 heavy (non-hydrogen) atoms. The van der Waals surface area contributed by atoms with Crippen LogP contribution in [-0.4, -0.2) is 123 Å². The minimum Gasteiger partial charge on any atom is -0.478 e. The largest absolute Gasteiger partial charge is 0.478 e. The minimum atomic E-state index is -2.52. The molecule has 4 aliphatic rings. The monoisotopic (exact) mass is 1090 g/mol. The maximum absolute atomic E-state index is 15.8. The summed E-state index contributed by atoms with van der Waals surface area (Å²) in [5.74, 6) is -9.98. The summed E-state index contributed by atoms with van der Waals surface area (Å²) in [4.78, 5) is 125. The van der Waals surface area contributed by atoms with Crippen LogP contribution in [0.4, 0.5) is 5.69 Å². The molecule has 11 atom stereocenters. The molecule has 1 saturated heterocycles. The van der Waals surface area contributed by atoms with E-state index < -0.39 is 137 Å². The molecule has 2 amide bonds. The number of Topliss-reactive ketones (excluding diaryl/α,β-unsaturated/α-hetero) is 1. The zero-order valence-corrected chi connectivity index (χ0v) is 44.3. The van der Waals surface area contributed by atoms with Crippen LogP contribution in [0.25, 0.3) is 0 Å². The number of aromatic carboxylic acids is 1. The van der Waals surface area contributed by atoms with Gasteiger partial charge in [0, 0.05) is 56.2 Å². The summed E-state index contributed by atoms with van der Waals surface area (Å²) in [6, 6.07) is 27.7. The Morgan fingerprint density at radius 3 is 1.94 bits per heavy atom. The number of benzene rings is 4. The van der Waals surface area contributed by atoms with Crippen molar-refractivity contribution in [3.63, 3.8) is 0 Å². The predicted octanol–water partition coefficient (Wildman–Crippen LogP) is 5.79. The number of carboxylic acids is 1. The summed E-state index contributed by atoms with van der Waals surface area (Å²) >= 11 is 0. The number of ether oxygens (including phenoxy) is 6. The molecule has 2 bridgehead atoms. The topological polar surface area (TPSA) is 294 Å². The number of hydrogen-bond acceptors (Lipinski definition) is 17. The van der Waals surface area contributed by atoms with Crippen LogP contribution in [0.3, 0.4) is 0 Å². The van der Waals surface area contributed by atoms with Gasteiger partial charge in [-0.3, -0.25) is 28.8 Å². The van der Waals surface area contributed by atoms with Crippen molar-refractivity contribution in [3.8, 4) is 0 Å². The minimum absolute atomic E-state index is 0.00491. The van der Waals surface area contributed by atoms with Crippen molar-refractivity contribution in [2.45, 2.75) is 128 Å². The van der Waals surface area contributed by atoms with E-state index in [1.54, 1.807) is 66.7 Å². The van der Waals surface area contributed by atoms with Crippen molar-refractivity contribution in [2.24, 2.45) is 16.7 Å². The second-order valence-electron chi connectivity index (χ2n) is 21.1. The van der Waals surface area contributed by atoms with Crippen LogP contribution in [0.5, 0.6) is 0 Å². The highest BCUT2D eigenvalue weighted by Crippen LogP contribution is 2.64. The highest BCUT2D eigenvalue weighted by atomic mass is 16.6. The molecule has 1 heterocycles. The molecule has 5 N–H and O–H groups in total. The van der Waals surface area contributed by atoms with E-state index in [9.17, 15) is 48.9 Å². The molecule has 2 saturated carbocycles. The third-order valence-corrected chi connectivity index (χ3v) is 15.9. The van der Waals surface area contributed by atoms with Gasteiger partial charge in [0.25, 0.3) is 5.91 Å². The summed E-state index contributed by atoms with van der Waals surface area (Å²) < 4.78 is 36.9. The molecular formula is C59H62N2O18. The third-order valence-electron chi connectivity index (χ3n) is 15.9. The van der Waals surface area contributed by atoms with Gasteiger partial charge in [-0.15, -0.1) is 0 Å². The van der Waals surface area contributed by atoms with Gasteiger partial charge in [-0.2, -0.15) is 0 Å². The number of amides is 2. The number of carbonyl (C=O) groups is 9. The Morgan fingerprint density at radius 1 is 0.759 bits per heavy atom. The first-order valence-corrected chi connectivity index (χ1v) is 25.8. The van der Waals surface area contributed by atoms with E-state index in [2.05, 4.69) is 10.6 Å². The number of carbonyl (C=O) groups excluding carboxylic acids is 8. The number of aliphatic hydroxyl groups is 2. The molecule has 3 fully saturated rings. The number of esters is 5. The number of anilines is 1. The second-order valence-corrected chi connectivity index (χ2v) is 21.1. The maximum Gasteiger partial charge on any atom is 0.350 e. The van der Waals surface area contributed by atoms with Crippen LogP contribution in [0.1, 0.15) is 116 Å². The number of hydrogen-bond donors (Lipinski definition) is 5. The second kappa shape index (κ2) is 22.7. The van der Waals surface area contributed by atoms with E-state index in [4.69, 9.17) is 28.4 Å². The fourth-order valence-corrected chi connectivity index (χ4v) is 11.8. The molecule has 8 rings (SSSR count). The van der Waals surface area contributed by atoms with Crippen LogP contribution >= 0.6 is 0 Å². The van der Waals surface area contributed by atoms with Crippen molar-refractivity contribution in [2.75, 3.05) is 11.9 Å². The molecule has 4 aromatic rings. The molecule has 0 aromatic heterocycles. The van der Waals surface area contributed by atoms with Gasteiger partial charge in [0.1, 0.15) is 30.0 Å². The van der Waals surface area contributed by atoms with Gasteiger partial charge in [-0.05, 0) is 85.5 Å². The fourth-order valence-electron chi connectivity index (χ4n) is 11.8. The summed E-state index contributed by atoms with van der Waals surface area (Å²) in [5.41, 5.74) is -7.51. The van der Waals surface area contributed by atoms with Crippen LogP contribution in [0.2, 0.25) is 0 Å². The molecule has 416 valence electrons. The normalized spacial score (nSPS) is 27.3. The Hall–Kier alpha value is -8.07. The van der Waals surface area contributed by atoms with Crippen molar-refractivity contribution in [3.05, 3.63) is 149 Å². The van der Waals surface area contributed by atoms with Crippen molar-refractivity contribution < 1.29 is 86.9 Å². The Bertz CT molecular complexity index is 3060. The molecule has 3 aliphatic carbocycles. The summed E-state index contributed by atoms with van der Waals surface area (Å²) in [6.45, 7) is 7.71. The highest BCUT2D eigenvalue weighted by Gasteiger charge is 2.78. The van der Waals surface area contributed by atoms with Gasteiger partial charge in [-0.25, -0.2) is 14.4 Å². The van der Waals surface area contributed by atoms with Gasteiger partial charge in [0.2, 0.25) is 12.0 Å². The van der Waals surface area contributed by atoms with Gasteiger partial charge in [-0.1, -0.05) is 80.6 Å². The van der Waals surface area contributed by atoms with Gasteiger partial charge in [0.05, 0.1) is 35.2 Å². The number of nitrogens with one attached hydrogen (secondary N) is 2. The quantitative estimate of drug-likeness (QED) is 0.0475. The highest BCUT2D eigenvalue weighted by molar-refractivity contribution is 5.97. The molecular weight excluding hydrogens is 1020 g/mol. The first kappa shape index (κ1) is 57.1. The van der Waals surface area contributed by atoms with E-state index >= 15 is 9.59 Å². The maximum atomic E-state index is 15.8. The van der Waals surface area contributed by atoms with Crippen molar-refractivity contribution >= 4 is 59.1 Å². The Kier molecular flexibility index (Phi) is 16.4. The van der Waals surface area contributed by atoms with Crippen molar-refractivity contribution in [1.82, 2.24) is 5.32 Å². The average molecular weight is 1090 g/mol.